The van der Waals surface area contributed by atoms with E-state index in [1.54, 1.807) is 7.11 Å². The molecule has 4 rings (SSSR count). The van der Waals surface area contributed by atoms with Gasteiger partial charge in [0, 0.05) is 41.3 Å². The Balaban J connectivity index is 2.03. The molecule has 0 atom stereocenters. The van der Waals surface area contributed by atoms with Crippen LogP contribution >= 0.6 is 0 Å². The summed E-state index contributed by atoms with van der Waals surface area (Å²) in [5.74, 6) is 0.851. The largest absolute Gasteiger partial charge is 0.497 e. The molecule has 0 radical (unpaired) electrons. The predicted octanol–water partition coefficient (Wildman–Crippen LogP) is 3.57. The molecule has 0 amide bonds. The molecule has 25 heavy (non-hydrogen) atoms. The summed E-state index contributed by atoms with van der Waals surface area (Å²) >= 11 is 0. The molecule has 3 heterocycles. The molecule has 0 unspecified atom stereocenters. The lowest BCUT2D eigenvalue weighted by Crippen LogP contribution is -2.19. The van der Waals surface area contributed by atoms with Crippen LogP contribution in [0.5, 0.6) is 5.75 Å². The zero-order valence-electron chi connectivity index (χ0n) is 15.1. The second-order valence-corrected chi connectivity index (χ2v) is 6.71. The van der Waals surface area contributed by atoms with Gasteiger partial charge in [-0.1, -0.05) is 0 Å². The van der Waals surface area contributed by atoms with Crippen molar-refractivity contribution >= 4 is 21.9 Å². The van der Waals surface area contributed by atoms with Gasteiger partial charge in [-0.3, -0.25) is 0 Å². The summed E-state index contributed by atoms with van der Waals surface area (Å²) in [6.45, 7) is 3.86. The van der Waals surface area contributed by atoms with E-state index >= 15 is 0 Å². The van der Waals surface area contributed by atoms with Gasteiger partial charge >= 0.3 is 0 Å². The summed E-state index contributed by atoms with van der Waals surface area (Å²) in [6, 6.07) is 10.2. The van der Waals surface area contributed by atoms with Gasteiger partial charge in [-0.15, -0.1) is 0 Å². The van der Waals surface area contributed by atoms with E-state index in [4.69, 9.17) is 14.7 Å². The fraction of sp³-hybridized carbons (Fsp3) is 0.300. The van der Waals surface area contributed by atoms with Crippen molar-refractivity contribution in [1.29, 1.82) is 0 Å². The van der Waals surface area contributed by atoms with E-state index in [9.17, 15) is 0 Å². The van der Waals surface area contributed by atoms with Crippen LogP contribution in [0.4, 0.5) is 0 Å². The molecule has 0 aliphatic carbocycles. The number of pyridine rings is 2. The number of rotatable bonds is 4. The first-order chi connectivity index (χ1) is 12.1. The molecule has 0 N–H and O–H groups in total. The zero-order valence-corrected chi connectivity index (χ0v) is 15.1. The molecular weight excluding hydrogens is 312 g/mol. The summed E-state index contributed by atoms with van der Waals surface area (Å²) < 4.78 is 7.64. The smallest absolute Gasteiger partial charge is 0.142 e. The van der Waals surface area contributed by atoms with Gasteiger partial charge in [-0.05, 0) is 51.4 Å². The highest BCUT2D eigenvalue weighted by Crippen LogP contribution is 2.37. The average Bonchev–Trinajstić information content (AvgIpc) is 2.97. The molecule has 0 spiro atoms. The van der Waals surface area contributed by atoms with E-state index in [-0.39, 0.29) is 0 Å². The van der Waals surface area contributed by atoms with Crippen molar-refractivity contribution in [2.75, 3.05) is 27.7 Å². The zero-order chi connectivity index (χ0) is 17.6. The third-order valence-corrected chi connectivity index (χ3v) is 4.60. The van der Waals surface area contributed by atoms with Crippen molar-refractivity contribution in [3.05, 3.63) is 42.2 Å². The lowest BCUT2D eigenvalue weighted by molar-refractivity contribution is 0.386. The number of benzene rings is 1. The predicted molar refractivity (Wildman–Crippen MR) is 101 cm³/mol. The number of likely N-dealkylation sites (N-methyl/N-ethyl adjacent to an activating group) is 1. The summed E-state index contributed by atoms with van der Waals surface area (Å²) in [7, 11) is 5.87. The molecule has 1 aromatic heterocycles. The Morgan fingerprint density at radius 3 is 2.68 bits per heavy atom. The van der Waals surface area contributed by atoms with Gasteiger partial charge in [-0.25, -0.2) is 9.97 Å². The minimum Gasteiger partial charge on any atom is -0.497 e. The van der Waals surface area contributed by atoms with Gasteiger partial charge in [0.05, 0.1) is 18.3 Å². The van der Waals surface area contributed by atoms with E-state index in [1.165, 1.54) is 0 Å². The third kappa shape index (κ3) is 2.70. The van der Waals surface area contributed by atoms with Crippen LogP contribution < -0.4 is 4.74 Å². The first-order valence-corrected chi connectivity index (χ1v) is 8.45. The molecule has 0 saturated heterocycles. The lowest BCUT2D eigenvalue weighted by atomic mass is 10.1. The molecule has 5 nitrogen and oxygen atoms in total. The fourth-order valence-electron chi connectivity index (χ4n) is 3.24. The number of aryl methyl sites for hydroxylation is 1. The van der Waals surface area contributed by atoms with Crippen molar-refractivity contribution in [3.63, 3.8) is 0 Å². The van der Waals surface area contributed by atoms with Crippen LogP contribution in [0.2, 0.25) is 0 Å². The maximum absolute atomic E-state index is 5.40. The number of hydrogen-bond acceptors (Lipinski definition) is 4. The highest BCUT2D eigenvalue weighted by Gasteiger charge is 2.19. The van der Waals surface area contributed by atoms with Crippen molar-refractivity contribution in [2.24, 2.45) is 0 Å². The number of fused-ring (bicyclic) bond motifs is 5. The first kappa shape index (κ1) is 15.8. The third-order valence-electron chi connectivity index (χ3n) is 4.60. The fourth-order valence-corrected chi connectivity index (χ4v) is 3.24. The summed E-state index contributed by atoms with van der Waals surface area (Å²) in [5, 5.41) is 2.22. The Labute approximate surface area is 147 Å². The van der Waals surface area contributed by atoms with E-state index in [0.717, 1.165) is 57.7 Å². The molecule has 0 bridgehead atoms. The molecule has 0 saturated carbocycles. The van der Waals surface area contributed by atoms with E-state index in [2.05, 4.69) is 48.0 Å². The minimum absolute atomic E-state index is 0.851. The molecule has 2 aliphatic heterocycles. The molecule has 2 aliphatic rings. The Morgan fingerprint density at radius 2 is 1.92 bits per heavy atom. The quantitative estimate of drug-likeness (QED) is 0.572. The van der Waals surface area contributed by atoms with Crippen molar-refractivity contribution in [3.8, 4) is 17.0 Å². The van der Waals surface area contributed by atoms with Gasteiger partial charge in [0.2, 0.25) is 0 Å². The van der Waals surface area contributed by atoms with Crippen LogP contribution in [0.3, 0.4) is 0 Å². The second-order valence-electron chi connectivity index (χ2n) is 6.71. The molecule has 0 fully saturated rings. The number of methoxy groups -OCH3 is 1. The minimum atomic E-state index is 0.851. The molecule has 2 aromatic rings. The van der Waals surface area contributed by atoms with Gasteiger partial charge in [0.15, 0.2) is 0 Å². The van der Waals surface area contributed by atoms with E-state index < -0.39 is 0 Å². The molecule has 1 aromatic carbocycles. The molecule has 128 valence electrons. The maximum Gasteiger partial charge on any atom is 0.142 e. The lowest BCUT2D eigenvalue weighted by Gasteiger charge is -2.16. The van der Waals surface area contributed by atoms with Gasteiger partial charge < -0.3 is 14.2 Å². The van der Waals surface area contributed by atoms with Crippen LogP contribution in [-0.2, 0) is 6.54 Å². The van der Waals surface area contributed by atoms with Crippen LogP contribution in [0.1, 0.15) is 5.69 Å². The monoisotopic (exact) mass is 334 g/mol. The second kappa shape index (κ2) is 6.01. The molecule has 5 heteroatoms. The highest BCUT2D eigenvalue weighted by atomic mass is 16.5. The number of nitrogens with zero attached hydrogens (tertiary/aromatic N) is 4. The summed E-state index contributed by atoms with van der Waals surface area (Å²) in [5.41, 5.74) is 5.15. The van der Waals surface area contributed by atoms with Crippen LogP contribution in [0, 0.1) is 6.92 Å². The summed E-state index contributed by atoms with van der Waals surface area (Å²) in [4.78, 5) is 11.8. The Bertz CT molecular complexity index is 1030. The van der Waals surface area contributed by atoms with Gasteiger partial charge in [0.1, 0.15) is 11.4 Å². The van der Waals surface area contributed by atoms with Crippen LogP contribution in [-0.4, -0.2) is 47.2 Å². The normalized spacial score (nSPS) is 11.9. The van der Waals surface area contributed by atoms with Crippen molar-refractivity contribution in [1.82, 2.24) is 19.4 Å². The summed E-state index contributed by atoms with van der Waals surface area (Å²) in [6.07, 6.45) is 2.18. The van der Waals surface area contributed by atoms with Gasteiger partial charge in [-0.2, -0.15) is 0 Å². The van der Waals surface area contributed by atoms with Crippen LogP contribution in [0.15, 0.2) is 36.5 Å². The Kier molecular flexibility index (Phi) is 3.81. The Hall–Kier alpha value is -2.66. The molecular formula is C20H22N4O. The maximum atomic E-state index is 5.40. The first-order valence-electron chi connectivity index (χ1n) is 8.45. The number of ether oxygens (including phenoxy) is 1. The average molecular weight is 334 g/mol. The van der Waals surface area contributed by atoms with E-state index in [1.807, 2.05) is 19.1 Å². The van der Waals surface area contributed by atoms with Crippen molar-refractivity contribution < 1.29 is 4.74 Å². The highest BCUT2D eigenvalue weighted by molar-refractivity contribution is 6.06. The SMILES string of the molecule is COc1ccc2nc3c4ccc(C)nc4n(CCN(C)C)cc-3c2c1. The number of aromatic nitrogens is 3. The number of hydrogen-bond donors (Lipinski definition) is 0. The van der Waals surface area contributed by atoms with Crippen LogP contribution in [0.25, 0.3) is 33.2 Å². The van der Waals surface area contributed by atoms with Gasteiger partial charge in [0.25, 0.3) is 0 Å². The topological polar surface area (TPSA) is 43.2 Å². The Morgan fingerprint density at radius 1 is 1.08 bits per heavy atom. The van der Waals surface area contributed by atoms with E-state index in [0.29, 0.717) is 0 Å². The van der Waals surface area contributed by atoms with Crippen molar-refractivity contribution in [2.45, 2.75) is 13.5 Å². The standard InChI is InChI=1S/C20H22N4O/c1-13-5-7-15-19-17(12-24(20(15)21-13)10-9-23(2)3)16-11-14(25-4)6-8-18(16)22-19/h5-8,11-12H,9-10H2,1-4H3.